The van der Waals surface area contributed by atoms with E-state index < -0.39 is 36.0 Å². The van der Waals surface area contributed by atoms with Gasteiger partial charge in [0.25, 0.3) is 5.91 Å². The van der Waals surface area contributed by atoms with Crippen LogP contribution < -0.4 is 5.32 Å². The number of unbranched alkanes of at least 4 members (excludes halogenated alkanes) is 1. The number of Topliss-reactive ketones (excluding diaryl/α,β-unsaturated/α-hetero) is 1. The van der Waals surface area contributed by atoms with Crippen molar-refractivity contribution in [3.05, 3.63) is 35.9 Å². The smallest absolute Gasteiger partial charge is 0.409 e. The molecule has 8 heteroatoms. The maximum atomic E-state index is 13.2. The van der Waals surface area contributed by atoms with E-state index in [0.717, 1.165) is 16.9 Å². The Morgan fingerprint density at radius 2 is 1.84 bits per heavy atom. The van der Waals surface area contributed by atoms with Crippen LogP contribution in [0.5, 0.6) is 0 Å². The summed E-state index contributed by atoms with van der Waals surface area (Å²) in [5, 5.41) is 12.8. The first-order chi connectivity index (χ1) is 15.0. The highest BCUT2D eigenvalue weighted by molar-refractivity contribution is 6.38. The van der Waals surface area contributed by atoms with Crippen LogP contribution in [-0.2, 0) is 14.4 Å². The number of carbonyl (C=O) groups is 4. The Hall–Kier alpha value is -2.90. The first-order valence-electron chi connectivity index (χ1n) is 11.2. The second-order valence-electron chi connectivity index (χ2n) is 9.31. The lowest BCUT2D eigenvalue weighted by molar-refractivity contribution is -0.143. The summed E-state index contributed by atoms with van der Waals surface area (Å²) < 4.78 is 0. The van der Waals surface area contributed by atoms with Gasteiger partial charge in [0.1, 0.15) is 12.2 Å². The molecule has 1 aliphatic rings. The minimum absolute atomic E-state index is 0.220. The van der Waals surface area contributed by atoms with Crippen molar-refractivity contribution in [2.45, 2.75) is 78.6 Å². The normalized spacial score (nSPS) is 19.2. The third-order valence-corrected chi connectivity index (χ3v) is 5.98. The molecule has 176 valence electrons. The van der Waals surface area contributed by atoms with Crippen LogP contribution in [0.2, 0.25) is 0 Å². The van der Waals surface area contributed by atoms with Crippen molar-refractivity contribution in [1.82, 2.24) is 15.1 Å². The van der Waals surface area contributed by atoms with Crippen LogP contribution >= 0.6 is 0 Å². The predicted octanol–water partition coefficient (Wildman–Crippen LogP) is 3.58. The van der Waals surface area contributed by atoms with E-state index in [2.05, 4.69) is 5.32 Å². The zero-order chi connectivity index (χ0) is 24.1. The zero-order valence-electron chi connectivity index (χ0n) is 19.6. The molecule has 2 rings (SSSR count). The summed E-state index contributed by atoms with van der Waals surface area (Å²) in [5.74, 6) is -1.87. The fourth-order valence-electron chi connectivity index (χ4n) is 4.31. The molecule has 2 N–H and O–H groups in total. The van der Waals surface area contributed by atoms with Crippen molar-refractivity contribution in [3.63, 3.8) is 0 Å². The van der Waals surface area contributed by atoms with Crippen molar-refractivity contribution in [3.8, 4) is 0 Å². The molecule has 32 heavy (non-hydrogen) atoms. The van der Waals surface area contributed by atoms with Crippen molar-refractivity contribution in [2.75, 3.05) is 6.54 Å². The first-order valence-corrected chi connectivity index (χ1v) is 11.2. The first kappa shape index (κ1) is 25.4. The minimum atomic E-state index is -1.31. The minimum Gasteiger partial charge on any atom is -0.465 e. The van der Waals surface area contributed by atoms with Gasteiger partial charge in [-0.2, -0.15) is 0 Å². The molecular formula is C24H35N3O5. The second-order valence-corrected chi connectivity index (χ2v) is 9.31. The lowest BCUT2D eigenvalue weighted by Crippen LogP contribution is -2.58. The summed E-state index contributed by atoms with van der Waals surface area (Å²) >= 11 is 0. The summed E-state index contributed by atoms with van der Waals surface area (Å²) in [6.45, 7) is 9.41. The molecule has 1 aromatic carbocycles. The van der Waals surface area contributed by atoms with Gasteiger partial charge in [-0.25, -0.2) is 4.79 Å². The molecule has 0 radical (unpaired) electrons. The molecule has 0 aromatic heterocycles. The van der Waals surface area contributed by atoms with Crippen LogP contribution in [0.4, 0.5) is 4.79 Å². The van der Waals surface area contributed by atoms with E-state index in [4.69, 9.17) is 0 Å². The van der Waals surface area contributed by atoms with Crippen molar-refractivity contribution in [2.24, 2.45) is 5.41 Å². The number of nitrogens with one attached hydrogen (secondary N) is 1. The maximum Gasteiger partial charge on any atom is 0.409 e. The van der Waals surface area contributed by atoms with E-state index >= 15 is 0 Å². The number of amides is 3. The van der Waals surface area contributed by atoms with Gasteiger partial charge in [0.15, 0.2) is 0 Å². The van der Waals surface area contributed by atoms with Crippen LogP contribution in [0, 0.1) is 5.41 Å². The summed E-state index contributed by atoms with van der Waals surface area (Å²) in [6.07, 6.45) is -0.152. The van der Waals surface area contributed by atoms with Gasteiger partial charge in [0, 0.05) is 13.5 Å². The van der Waals surface area contributed by atoms with Crippen LogP contribution in [0.15, 0.2) is 30.3 Å². The number of benzene rings is 1. The Labute approximate surface area is 190 Å². The molecule has 3 atom stereocenters. The molecule has 0 aliphatic carbocycles. The van der Waals surface area contributed by atoms with Gasteiger partial charge in [-0.1, -0.05) is 63.9 Å². The number of carboxylic acid groups (broad SMARTS) is 1. The van der Waals surface area contributed by atoms with Crippen molar-refractivity contribution < 1.29 is 24.3 Å². The topological polar surface area (TPSA) is 107 Å². The van der Waals surface area contributed by atoms with Crippen LogP contribution in [-0.4, -0.2) is 57.3 Å². The van der Waals surface area contributed by atoms with Gasteiger partial charge in [-0.05, 0) is 30.7 Å². The lowest BCUT2D eigenvalue weighted by Gasteiger charge is -2.37. The van der Waals surface area contributed by atoms with Crippen LogP contribution in [0.3, 0.4) is 0 Å². The predicted molar refractivity (Wildman–Crippen MR) is 121 cm³/mol. The van der Waals surface area contributed by atoms with E-state index in [9.17, 15) is 24.3 Å². The highest BCUT2D eigenvalue weighted by Crippen LogP contribution is 2.37. The van der Waals surface area contributed by atoms with E-state index in [1.165, 1.54) is 11.8 Å². The van der Waals surface area contributed by atoms with Gasteiger partial charge in [0.2, 0.25) is 11.7 Å². The molecule has 1 fully saturated rings. The van der Waals surface area contributed by atoms with E-state index in [0.29, 0.717) is 19.4 Å². The largest absolute Gasteiger partial charge is 0.465 e. The van der Waals surface area contributed by atoms with E-state index in [1.807, 2.05) is 51.1 Å². The molecule has 0 spiro atoms. The number of rotatable bonds is 9. The summed E-state index contributed by atoms with van der Waals surface area (Å²) in [6, 6.07) is 7.67. The van der Waals surface area contributed by atoms with Gasteiger partial charge >= 0.3 is 6.09 Å². The Morgan fingerprint density at radius 3 is 2.38 bits per heavy atom. The van der Waals surface area contributed by atoms with E-state index in [-0.39, 0.29) is 17.7 Å². The van der Waals surface area contributed by atoms with Gasteiger partial charge in [-0.15, -0.1) is 0 Å². The lowest BCUT2D eigenvalue weighted by atomic mass is 9.91. The van der Waals surface area contributed by atoms with Gasteiger partial charge in [0.05, 0.1) is 6.04 Å². The maximum absolute atomic E-state index is 13.2. The molecule has 8 nitrogen and oxygen atoms in total. The third-order valence-electron chi connectivity index (χ3n) is 5.98. The zero-order valence-corrected chi connectivity index (χ0v) is 19.6. The molecule has 1 aromatic rings. The average molecular weight is 446 g/mol. The standard InChI is InChI=1S/C24H35N3O5/c1-6-7-13-19(21(29)22(30)25-16(2)18-11-9-8-10-12-18)27(23(31)32)20-14-24(4,5)15-26(20)17(3)28/h8-12,16,19-20H,6-7,13-15H2,1-5H3,(H,25,30)(H,31,32)/t16-,19?,20?/m1/s1. The number of ketones is 1. The molecule has 3 amide bonds. The SMILES string of the molecule is CCCCC(C(=O)C(=O)N[C@H](C)c1ccccc1)N(C(=O)O)C1CC(C)(C)CN1C(C)=O. The fraction of sp³-hybridized carbons (Fsp3) is 0.583. The molecule has 1 heterocycles. The van der Waals surface area contributed by atoms with Crippen molar-refractivity contribution in [1.29, 1.82) is 0 Å². The van der Waals surface area contributed by atoms with Crippen LogP contribution in [0.1, 0.15) is 71.9 Å². The highest BCUT2D eigenvalue weighted by atomic mass is 16.4. The fourth-order valence-corrected chi connectivity index (χ4v) is 4.31. The summed E-state index contributed by atoms with van der Waals surface area (Å²) in [7, 11) is 0. The number of hydrogen-bond acceptors (Lipinski definition) is 4. The molecule has 1 saturated heterocycles. The summed E-state index contributed by atoms with van der Waals surface area (Å²) in [5.41, 5.74) is 0.543. The highest BCUT2D eigenvalue weighted by Gasteiger charge is 2.47. The number of likely N-dealkylation sites (tertiary alicyclic amines) is 1. The number of nitrogens with zero attached hydrogens (tertiary/aromatic N) is 2. The quantitative estimate of drug-likeness (QED) is 0.565. The molecule has 0 saturated carbocycles. The Bertz CT molecular complexity index is 839. The Morgan fingerprint density at radius 1 is 1.22 bits per heavy atom. The summed E-state index contributed by atoms with van der Waals surface area (Å²) in [4.78, 5) is 53.2. The average Bonchev–Trinajstić information content (AvgIpc) is 3.05. The third kappa shape index (κ3) is 6.08. The second kappa shape index (κ2) is 10.6. The molecular weight excluding hydrogens is 410 g/mol. The molecule has 0 bridgehead atoms. The number of carbonyl (C=O) groups excluding carboxylic acids is 3. The number of hydrogen-bond donors (Lipinski definition) is 2. The van der Waals surface area contributed by atoms with E-state index in [1.54, 1.807) is 6.92 Å². The Kier molecular flexibility index (Phi) is 8.41. The monoisotopic (exact) mass is 445 g/mol. The van der Waals surface area contributed by atoms with Gasteiger partial charge < -0.3 is 15.3 Å². The van der Waals surface area contributed by atoms with Crippen molar-refractivity contribution >= 4 is 23.7 Å². The van der Waals surface area contributed by atoms with Gasteiger partial charge in [-0.3, -0.25) is 19.3 Å². The molecule has 1 aliphatic heterocycles. The van der Waals surface area contributed by atoms with Crippen LogP contribution in [0.25, 0.3) is 0 Å². The molecule has 2 unspecified atom stereocenters. The Balaban J connectivity index is 2.31.